The van der Waals surface area contributed by atoms with Crippen molar-refractivity contribution in [2.75, 3.05) is 5.32 Å². The molecule has 1 aromatic heterocycles. The SMILES string of the molecule is O=C1C[C@@H](c2ccccc2Br)c2cnn(-c3ccc(F)cc3)c2N1. The predicted octanol–water partition coefficient (Wildman–Crippen LogP) is 4.25. The van der Waals surface area contributed by atoms with E-state index < -0.39 is 0 Å². The summed E-state index contributed by atoms with van der Waals surface area (Å²) in [4.78, 5) is 12.2. The van der Waals surface area contributed by atoms with Gasteiger partial charge < -0.3 is 5.32 Å². The number of nitrogens with zero attached hydrogens (tertiary/aromatic N) is 2. The van der Waals surface area contributed by atoms with E-state index in [0.29, 0.717) is 17.9 Å². The highest BCUT2D eigenvalue weighted by molar-refractivity contribution is 9.10. The first-order chi connectivity index (χ1) is 11.6. The molecule has 1 atom stereocenters. The lowest BCUT2D eigenvalue weighted by molar-refractivity contribution is -0.116. The summed E-state index contributed by atoms with van der Waals surface area (Å²) in [6, 6.07) is 13.9. The Hall–Kier alpha value is -2.47. The van der Waals surface area contributed by atoms with Crippen LogP contribution in [0.25, 0.3) is 5.69 Å². The Kier molecular flexibility index (Phi) is 3.69. The predicted molar refractivity (Wildman–Crippen MR) is 92.8 cm³/mol. The van der Waals surface area contributed by atoms with Gasteiger partial charge in [-0.05, 0) is 35.9 Å². The van der Waals surface area contributed by atoms with Gasteiger partial charge in [0.25, 0.3) is 0 Å². The summed E-state index contributed by atoms with van der Waals surface area (Å²) in [5.74, 6) is 0.194. The van der Waals surface area contributed by atoms with Crippen LogP contribution in [0.2, 0.25) is 0 Å². The van der Waals surface area contributed by atoms with Gasteiger partial charge in [0.2, 0.25) is 5.91 Å². The number of rotatable bonds is 2. The molecule has 6 heteroatoms. The molecule has 1 aliphatic heterocycles. The van der Waals surface area contributed by atoms with Crippen LogP contribution in [0.1, 0.15) is 23.5 Å². The number of nitrogens with one attached hydrogen (secondary N) is 1. The molecule has 0 fully saturated rings. The van der Waals surface area contributed by atoms with E-state index in [-0.39, 0.29) is 17.6 Å². The third-order valence-electron chi connectivity index (χ3n) is 4.17. The van der Waals surface area contributed by atoms with Crippen LogP contribution < -0.4 is 5.32 Å². The number of anilines is 1. The number of hydrogen-bond acceptors (Lipinski definition) is 2. The average Bonchev–Trinajstić information content (AvgIpc) is 2.99. The number of halogens is 2. The van der Waals surface area contributed by atoms with E-state index in [1.54, 1.807) is 23.0 Å². The van der Waals surface area contributed by atoms with Gasteiger partial charge >= 0.3 is 0 Å². The van der Waals surface area contributed by atoms with Gasteiger partial charge in [-0.1, -0.05) is 34.1 Å². The molecule has 24 heavy (non-hydrogen) atoms. The molecule has 1 aliphatic rings. The molecule has 3 aromatic rings. The van der Waals surface area contributed by atoms with Gasteiger partial charge in [0, 0.05) is 22.4 Å². The molecule has 0 unspecified atom stereocenters. The molecule has 1 N–H and O–H groups in total. The van der Waals surface area contributed by atoms with Crippen molar-refractivity contribution in [1.29, 1.82) is 0 Å². The van der Waals surface area contributed by atoms with Crippen LogP contribution in [0.4, 0.5) is 10.2 Å². The van der Waals surface area contributed by atoms with E-state index in [4.69, 9.17) is 0 Å². The zero-order valence-corrected chi connectivity index (χ0v) is 14.1. The fourth-order valence-corrected chi connectivity index (χ4v) is 3.59. The van der Waals surface area contributed by atoms with Gasteiger partial charge in [0.15, 0.2) is 0 Å². The number of carbonyl (C=O) groups is 1. The first-order valence-corrected chi connectivity index (χ1v) is 8.31. The van der Waals surface area contributed by atoms with Crippen molar-refractivity contribution >= 4 is 27.7 Å². The van der Waals surface area contributed by atoms with E-state index in [0.717, 1.165) is 15.6 Å². The zero-order valence-electron chi connectivity index (χ0n) is 12.5. The highest BCUT2D eigenvalue weighted by atomic mass is 79.9. The van der Waals surface area contributed by atoms with Gasteiger partial charge in [-0.25, -0.2) is 9.07 Å². The Morgan fingerprint density at radius 2 is 1.88 bits per heavy atom. The van der Waals surface area contributed by atoms with Crippen LogP contribution in [0.15, 0.2) is 59.2 Å². The number of hydrogen-bond donors (Lipinski definition) is 1. The summed E-state index contributed by atoms with van der Waals surface area (Å²) >= 11 is 3.56. The van der Waals surface area contributed by atoms with E-state index in [1.165, 1.54) is 12.1 Å². The molecule has 4 rings (SSSR count). The van der Waals surface area contributed by atoms with Gasteiger partial charge in [-0.2, -0.15) is 5.10 Å². The number of benzene rings is 2. The molecule has 0 radical (unpaired) electrons. The second-order valence-corrected chi connectivity index (χ2v) is 6.52. The zero-order chi connectivity index (χ0) is 16.7. The average molecular weight is 386 g/mol. The molecule has 0 saturated heterocycles. The standard InChI is InChI=1S/C18H13BrFN3O/c19-16-4-2-1-3-13(16)14-9-17(24)22-18-15(14)10-21-23(18)12-7-5-11(20)6-8-12/h1-8,10,14H,9H2,(H,22,24)/t14-/m0/s1. The molecular weight excluding hydrogens is 373 g/mol. The number of fused-ring (bicyclic) bond motifs is 1. The van der Waals surface area contributed by atoms with E-state index in [9.17, 15) is 9.18 Å². The van der Waals surface area contributed by atoms with Crippen LogP contribution in [0.5, 0.6) is 0 Å². The van der Waals surface area contributed by atoms with Gasteiger partial charge in [0.05, 0.1) is 11.9 Å². The third-order valence-corrected chi connectivity index (χ3v) is 4.89. The lowest BCUT2D eigenvalue weighted by atomic mass is 9.87. The fourth-order valence-electron chi connectivity index (χ4n) is 3.03. The molecule has 120 valence electrons. The second kappa shape index (κ2) is 5.87. The Morgan fingerprint density at radius 3 is 2.62 bits per heavy atom. The molecule has 0 aliphatic carbocycles. The van der Waals surface area contributed by atoms with Gasteiger partial charge in [-0.15, -0.1) is 0 Å². The molecule has 0 bridgehead atoms. The van der Waals surface area contributed by atoms with Crippen LogP contribution in [-0.2, 0) is 4.79 Å². The van der Waals surface area contributed by atoms with Gasteiger partial charge in [0.1, 0.15) is 11.6 Å². The van der Waals surface area contributed by atoms with Crippen molar-refractivity contribution < 1.29 is 9.18 Å². The van der Waals surface area contributed by atoms with Crippen molar-refractivity contribution in [2.45, 2.75) is 12.3 Å². The monoisotopic (exact) mass is 385 g/mol. The van der Waals surface area contributed by atoms with Crippen LogP contribution in [0.3, 0.4) is 0 Å². The molecule has 1 amide bonds. The molecule has 0 saturated carbocycles. The van der Waals surface area contributed by atoms with Crippen molar-refractivity contribution in [1.82, 2.24) is 9.78 Å². The van der Waals surface area contributed by atoms with Crippen molar-refractivity contribution in [3.8, 4) is 5.69 Å². The number of carbonyl (C=O) groups excluding carboxylic acids is 1. The summed E-state index contributed by atoms with van der Waals surface area (Å²) < 4.78 is 15.8. The minimum absolute atomic E-state index is 0.0629. The highest BCUT2D eigenvalue weighted by Gasteiger charge is 2.31. The maximum Gasteiger partial charge on any atom is 0.226 e. The van der Waals surface area contributed by atoms with Crippen molar-refractivity contribution in [2.24, 2.45) is 0 Å². The summed E-state index contributed by atoms with van der Waals surface area (Å²) in [7, 11) is 0. The summed E-state index contributed by atoms with van der Waals surface area (Å²) in [6.07, 6.45) is 2.13. The Bertz CT molecular complexity index is 920. The fraction of sp³-hybridized carbons (Fsp3) is 0.111. The lowest BCUT2D eigenvalue weighted by Gasteiger charge is -2.24. The van der Waals surface area contributed by atoms with Gasteiger partial charge in [-0.3, -0.25) is 4.79 Å². The van der Waals surface area contributed by atoms with Crippen LogP contribution in [0, 0.1) is 5.82 Å². The van der Waals surface area contributed by atoms with E-state index >= 15 is 0 Å². The quantitative estimate of drug-likeness (QED) is 0.716. The normalized spacial score (nSPS) is 16.6. The largest absolute Gasteiger partial charge is 0.310 e. The number of aromatic nitrogens is 2. The molecule has 0 spiro atoms. The van der Waals surface area contributed by atoms with E-state index in [2.05, 4.69) is 26.3 Å². The third kappa shape index (κ3) is 2.53. The number of amides is 1. The topological polar surface area (TPSA) is 46.9 Å². The maximum absolute atomic E-state index is 13.2. The van der Waals surface area contributed by atoms with Crippen molar-refractivity contribution in [3.05, 3.63) is 76.1 Å². The summed E-state index contributed by atoms with van der Waals surface area (Å²) in [6.45, 7) is 0. The highest BCUT2D eigenvalue weighted by Crippen LogP contribution is 2.40. The van der Waals surface area contributed by atoms with E-state index in [1.807, 2.05) is 24.3 Å². The molecule has 2 aromatic carbocycles. The maximum atomic E-state index is 13.2. The summed E-state index contributed by atoms with van der Waals surface area (Å²) in [5, 5.41) is 7.30. The first kappa shape index (κ1) is 15.1. The lowest BCUT2D eigenvalue weighted by Crippen LogP contribution is -2.24. The Morgan fingerprint density at radius 1 is 1.12 bits per heavy atom. The van der Waals surface area contributed by atoms with Crippen LogP contribution in [-0.4, -0.2) is 15.7 Å². The van der Waals surface area contributed by atoms with Crippen molar-refractivity contribution in [3.63, 3.8) is 0 Å². The Labute approximate surface area is 146 Å². The molecule has 4 nitrogen and oxygen atoms in total. The minimum Gasteiger partial charge on any atom is -0.310 e. The smallest absolute Gasteiger partial charge is 0.226 e. The second-order valence-electron chi connectivity index (χ2n) is 5.66. The molecular formula is C18H13BrFN3O. The van der Waals surface area contributed by atoms with Crippen LogP contribution >= 0.6 is 15.9 Å². The minimum atomic E-state index is -0.310. The first-order valence-electron chi connectivity index (χ1n) is 7.51. The summed E-state index contributed by atoms with van der Waals surface area (Å²) in [5.41, 5.74) is 2.70. The Balaban J connectivity index is 1.83. The molecule has 2 heterocycles.